The zero-order valence-corrected chi connectivity index (χ0v) is 13.0. The van der Waals surface area contributed by atoms with Gasteiger partial charge in [0.05, 0.1) is 6.54 Å². The standard InChI is InChI=1S/C15H18FN5S/c16-13-4-2-1-3-12(13)11-19-14(17)20-6-8-21(9-7-20)15-18-5-10-22-15/h1-5,10H,6-9,11H2,(H2,17,19). The van der Waals surface area contributed by atoms with Gasteiger partial charge in [-0.25, -0.2) is 14.4 Å². The summed E-state index contributed by atoms with van der Waals surface area (Å²) in [5.74, 6) is 0.231. The minimum absolute atomic E-state index is 0.243. The first-order chi connectivity index (χ1) is 10.7. The largest absolute Gasteiger partial charge is 0.370 e. The van der Waals surface area contributed by atoms with Crippen LogP contribution in [-0.4, -0.2) is 42.0 Å². The molecule has 116 valence electrons. The van der Waals surface area contributed by atoms with Gasteiger partial charge in [0.1, 0.15) is 5.82 Å². The third kappa shape index (κ3) is 3.36. The van der Waals surface area contributed by atoms with E-state index in [9.17, 15) is 4.39 Å². The summed E-state index contributed by atoms with van der Waals surface area (Å²) >= 11 is 1.64. The Morgan fingerprint density at radius 3 is 2.73 bits per heavy atom. The van der Waals surface area contributed by atoms with Gasteiger partial charge in [0.25, 0.3) is 0 Å². The molecular formula is C15H18FN5S. The van der Waals surface area contributed by atoms with E-state index in [1.54, 1.807) is 29.5 Å². The van der Waals surface area contributed by atoms with Gasteiger partial charge in [0, 0.05) is 43.3 Å². The number of aliphatic imine (C=N–C) groups is 1. The highest BCUT2D eigenvalue weighted by atomic mass is 32.1. The number of thiazole rings is 1. The molecule has 1 aliphatic heterocycles. The Bertz CT molecular complexity index is 635. The molecule has 1 aromatic carbocycles. The van der Waals surface area contributed by atoms with E-state index in [2.05, 4.69) is 14.9 Å². The average molecular weight is 319 g/mol. The van der Waals surface area contributed by atoms with Gasteiger partial charge < -0.3 is 15.5 Å². The van der Waals surface area contributed by atoms with Crippen LogP contribution in [-0.2, 0) is 6.54 Å². The summed E-state index contributed by atoms with van der Waals surface area (Å²) in [5.41, 5.74) is 6.59. The van der Waals surface area contributed by atoms with Crippen LogP contribution in [0.4, 0.5) is 9.52 Å². The molecule has 5 nitrogen and oxygen atoms in total. The lowest BCUT2D eigenvalue weighted by Gasteiger charge is -2.35. The topological polar surface area (TPSA) is 57.8 Å². The van der Waals surface area contributed by atoms with Crippen LogP contribution < -0.4 is 10.6 Å². The number of guanidine groups is 1. The molecule has 0 aliphatic carbocycles. The normalized spacial score (nSPS) is 16.1. The number of piperazine rings is 1. The fourth-order valence-electron chi connectivity index (χ4n) is 2.39. The second kappa shape index (κ2) is 6.74. The van der Waals surface area contributed by atoms with E-state index < -0.39 is 0 Å². The summed E-state index contributed by atoms with van der Waals surface area (Å²) in [6.07, 6.45) is 1.82. The van der Waals surface area contributed by atoms with Crippen LogP contribution in [0.25, 0.3) is 0 Å². The maximum atomic E-state index is 13.6. The highest BCUT2D eigenvalue weighted by Gasteiger charge is 2.19. The third-order valence-electron chi connectivity index (χ3n) is 3.66. The molecule has 0 saturated carbocycles. The smallest absolute Gasteiger partial charge is 0.191 e. The maximum absolute atomic E-state index is 13.6. The second-order valence-electron chi connectivity index (χ2n) is 5.05. The fraction of sp³-hybridized carbons (Fsp3) is 0.333. The van der Waals surface area contributed by atoms with Crippen LogP contribution in [0.5, 0.6) is 0 Å². The molecule has 0 unspecified atom stereocenters. The molecule has 2 N–H and O–H groups in total. The maximum Gasteiger partial charge on any atom is 0.191 e. The summed E-state index contributed by atoms with van der Waals surface area (Å²) in [6.45, 7) is 3.59. The highest BCUT2D eigenvalue weighted by molar-refractivity contribution is 7.13. The van der Waals surface area contributed by atoms with Gasteiger partial charge in [-0.15, -0.1) is 11.3 Å². The highest BCUT2D eigenvalue weighted by Crippen LogP contribution is 2.18. The molecule has 22 heavy (non-hydrogen) atoms. The van der Waals surface area contributed by atoms with Crippen molar-refractivity contribution < 1.29 is 4.39 Å². The van der Waals surface area contributed by atoms with Gasteiger partial charge in [-0.2, -0.15) is 0 Å². The van der Waals surface area contributed by atoms with Crippen molar-refractivity contribution in [3.63, 3.8) is 0 Å². The van der Waals surface area contributed by atoms with Crippen LogP contribution in [0.3, 0.4) is 0 Å². The summed E-state index contributed by atoms with van der Waals surface area (Å²) in [6, 6.07) is 6.64. The number of aromatic nitrogens is 1. The van der Waals surface area contributed by atoms with Gasteiger partial charge in [0.15, 0.2) is 11.1 Å². The molecule has 0 bridgehead atoms. The summed E-state index contributed by atoms with van der Waals surface area (Å²) in [5, 5.41) is 3.02. The Labute approximate surface area is 132 Å². The average Bonchev–Trinajstić information content (AvgIpc) is 3.08. The number of rotatable bonds is 3. The Kier molecular flexibility index (Phi) is 4.53. The van der Waals surface area contributed by atoms with Gasteiger partial charge in [-0.1, -0.05) is 18.2 Å². The van der Waals surface area contributed by atoms with Crippen LogP contribution in [0.1, 0.15) is 5.56 Å². The predicted molar refractivity (Wildman–Crippen MR) is 87.6 cm³/mol. The van der Waals surface area contributed by atoms with Crippen molar-refractivity contribution in [2.75, 3.05) is 31.1 Å². The first-order valence-electron chi connectivity index (χ1n) is 7.17. The van der Waals surface area contributed by atoms with Crippen LogP contribution >= 0.6 is 11.3 Å². The molecule has 1 aliphatic rings. The molecule has 3 rings (SSSR count). The fourth-order valence-corrected chi connectivity index (χ4v) is 3.09. The molecule has 0 amide bonds. The molecule has 2 heterocycles. The lowest BCUT2D eigenvalue weighted by atomic mass is 10.2. The quantitative estimate of drug-likeness (QED) is 0.694. The Morgan fingerprint density at radius 2 is 2.05 bits per heavy atom. The lowest BCUT2D eigenvalue weighted by molar-refractivity contribution is 0.380. The monoisotopic (exact) mass is 319 g/mol. The third-order valence-corrected chi connectivity index (χ3v) is 4.49. The summed E-state index contributed by atoms with van der Waals surface area (Å²) in [4.78, 5) is 12.9. The van der Waals surface area contributed by atoms with Crippen LogP contribution in [0, 0.1) is 5.82 Å². The van der Waals surface area contributed by atoms with Gasteiger partial charge in [-0.05, 0) is 6.07 Å². The van der Waals surface area contributed by atoms with E-state index >= 15 is 0 Å². The van der Waals surface area contributed by atoms with Crippen molar-refractivity contribution in [2.45, 2.75) is 6.54 Å². The van der Waals surface area contributed by atoms with Crippen molar-refractivity contribution in [1.29, 1.82) is 0 Å². The molecular weight excluding hydrogens is 301 g/mol. The first kappa shape index (κ1) is 14.8. The van der Waals surface area contributed by atoms with Crippen molar-refractivity contribution >= 4 is 22.4 Å². The van der Waals surface area contributed by atoms with E-state index in [-0.39, 0.29) is 12.4 Å². The minimum atomic E-state index is -0.243. The van der Waals surface area contributed by atoms with Gasteiger partial charge in [-0.3, -0.25) is 0 Å². The summed E-state index contributed by atoms with van der Waals surface area (Å²) in [7, 11) is 0. The second-order valence-corrected chi connectivity index (χ2v) is 5.93. The van der Waals surface area contributed by atoms with E-state index in [0.717, 1.165) is 31.3 Å². The molecule has 1 fully saturated rings. The van der Waals surface area contributed by atoms with E-state index in [4.69, 9.17) is 5.73 Å². The van der Waals surface area contributed by atoms with Crippen molar-refractivity contribution in [3.05, 3.63) is 47.2 Å². The number of nitrogens with two attached hydrogens (primary N) is 1. The van der Waals surface area contributed by atoms with Crippen molar-refractivity contribution in [2.24, 2.45) is 10.7 Å². The SMILES string of the molecule is NC(=NCc1ccccc1F)N1CCN(c2nccs2)CC1. The first-order valence-corrected chi connectivity index (χ1v) is 8.05. The molecule has 0 atom stereocenters. The van der Waals surface area contributed by atoms with Crippen molar-refractivity contribution in [3.8, 4) is 0 Å². The molecule has 0 spiro atoms. The zero-order valence-electron chi connectivity index (χ0n) is 12.2. The molecule has 0 radical (unpaired) electrons. The van der Waals surface area contributed by atoms with E-state index in [1.807, 2.05) is 16.5 Å². The summed E-state index contributed by atoms with van der Waals surface area (Å²) < 4.78 is 13.6. The Morgan fingerprint density at radius 1 is 1.27 bits per heavy atom. The lowest BCUT2D eigenvalue weighted by Crippen LogP contribution is -2.51. The Hall–Kier alpha value is -2.15. The van der Waals surface area contributed by atoms with E-state index in [1.165, 1.54) is 6.07 Å². The number of anilines is 1. The number of halogens is 1. The zero-order chi connectivity index (χ0) is 15.4. The van der Waals surface area contributed by atoms with Gasteiger partial charge in [0.2, 0.25) is 0 Å². The molecule has 1 saturated heterocycles. The van der Waals surface area contributed by atoms with E-state index in [0.29, 0.717) is 11.5 Å². The molecule has 7 heteroatoms. The number of hydrogen-bond acceptors (Lipinski definition) is 4. The Balaban J connectivity index is 1.56. The molecule has 2 aromatic rings. The van der Waals surface area contributed by atoms with Crippen molar-refractivity contribution in [1.82, 2.24) is 9.88 Å². The minimum Gasteiger partial charge on any atom is -0.370 e. The number of benzene rings is 1. The predicted octanol–water partition coefficient (Wildman–Crippen LogP) is 1.92. The number of hydrogen-bond donors (Lipinski definition) is 1. The number of nitrogens with zero attached hydrogens (tertiary/aromatic N) is 4. The molecule has 1 aromatic heterocycles. The van der Waals surface area contributed by atoms with Crippen LogP contribution in [0.2, 0.25) is 0 Å². The van der Waals surface area contributed by atoms with Crippen LogP contribution in [0.15, 0.2) is 40.8 Å². The van der Waals surface area contributed by atoms with Gasteiger partial charge >= 0.3 is 0 Å².